The number of aromatic nitrogens is 1. The van der Waals surface area contributed by atoms with Crippen LogP contribution in [0, 0.1) is 5.92 Å². The minimum atomic E-state index is -0.188. The van der Waals surface area contributed by atoms with E-state index in [4.69, 9.17) is 8.94 Å². The van der Waals surface area contributed by atoms with Gasteiger partial charge in [0.2, 0.25) is 11.7 Å². The van der Waals surface area contributed by atoms with Crippen molar-refractivity contribution >= 4 is 11.8 Å². The minimum absolute atomic E-state index is 0.0750. The molecule has 1 saturated carbocycles. The van der Waals surface area contributed by atoms with Crippen LogP contribution in [0.1, 0.15) is 28.4 Å². The zero-order valence-corrected chi connectivity index (χ0v) is 15.9. The van der Waals surface area contributed by atoms with E-state index >= 15 is 0 Å². The van der Waals surface area contributed by atoms with Crippen molar-refractivity contribution in [2.24, 2.45) is 5.92 Å². The molecule has 7 heteroatoms. The van der Waals surface area contributed by atoms with Crippen LogP contribution >= 0.6 is 0 Å². The van der Waals surface area contributed by atoms with Crippen molar-refractivity contribution in [2.75, 3.05) is 26.2 Å². The predicted molar refractivity (Wildman–Crippen MR) is 104 cm³/mol. The number of piperazine rings is 1. The zero-order valence-electron chi connectivity index (χ0n) is 15.9. The maximum Gasteiger partial charge on any atom is 0.276 e. The van der Waals surface area contributed by atoms with E-state index in [1.807, 2.05) is 23.1 Å². The summed E-state index contributed by atoms with van der Waals surface area (Å²) in [5.41, 5.74) is 1.49. The van der Waals surface area contributed by atoms with Gasteiger partial charge in [0, 0.05) is 38.2 Å². The smallest absolute Gasteiger partial charge is 0.276 e. The Labute approximate surface area is 167 Å². The summed E-state index contributed by atoms with van der Waals surface area (Å²) in [6, 6.07) is 15.3. The Balaban J connectivity index is 1.17. The second-order valence-electron chi connectivity index (χ2n) is 7.53. The molecule has 1 saturated heterocycles. The molecule has 1 aliphatic carbocycles. The molecule has 3 heterocycles. The molecule has 148 valence electrons. The number of furan rings is 1. The summed E-state index contributed by atoms with van der Waals surface area (Å²) in [5.74, 6) is 1.38. The number of nitrogens with zero attached hydrogens (tertiary/aromatic N) is 3. The van der Waals surface area contributed by atoms with Gasteiger partial charge < -0.3 is 18.7 Å². The van der Waals surface area contributed by atoms with E-state index in [9.17, 15) is 9.59 Å². The normalized spacial score (nSPS) is 21.2. The Bertz CT molecular complexity index is 1000. The van der Waals surface area contributed by atoms with Gasteiger partial charge in [-0.3, -0.25) is 9.59 Å². The summed E-state index contributed by atoms with van der Waals surface area (Å²) in [5, 5.41) is 3.88. The molecule has 2 aromatic heterocycles. The Morgan fingerprint density at radius 2 is 1.69 bits per heavy atom. The molecule has 2 amide bonds. The van der Waals surface area contributed by atoms with Crippen LogP contribution in [0.3, 0.4) is 0 Å². The van der Waals surface area contributed by atoms with Crippen LogP contribution in [0.15, 0.2) is 63.7 Å². The average Bonchev–Trinajstić information content (AvgIpc) is 3.15. The van der Waals surface area contributed by atoms with Crippen LogP contribution in [0.5, 0.6) is 0 Å². The lowest BCUT2D eigenvalue weighted by molar-refractivity contribution is -0.134. The zero-order chi connectivity index (χ0) is 19.8. The molecule has 0 bridgehead atoms. The van der Waals surface area contributed by atoms with Crippen LogP contribution in [-0.2, 0) is 4.79 Å². The molecule has 1 aromatic carbocycles. The number of benzene rings is 1. The van der Waals surface area contributed by atoms with Crippen LogP contribution in [0.4, 0.5) is 0 Å². The highest BCUT2D eigenvalue weighted by molar-refractivity contribution is 5.93. The number of hydrogen-bond acceptors (Lipinski definition) is 5. The first kappa shape index (κ1) is 17.7. The van der Waals surface area contributed by atoms with Crippen LogP contribution < -0.4 is 0 Å². The number of hydrogen-bond donors (Lipinski definition) is 0. The Morgan fingerprint density at radius 1 is 0.931 bits per heavy atom. The van der Waals surface area contributed by atoms with E-state index in [-0.39, 0.29) is 23.4 Å². The third-order valence-electron chi connectivity index (χ3n) is 5.71. The summed E-state index contributed by atoms with van der Waals surface area (Å²) in [4.78, 5) is 29.1. The second-order valence-corrected chi connectivity index (χ2v) is 7.53. The molecule has 0 N–H and O–H groups in total. The third-order valence-corrected chi connectivity index (χ3v) is 5.71. The van der Waals surface area contributed by atoms with Crippen molar-refractivity contribution in [3.05, 3.63) is 66.1 Å². The summed E-state index contributed by atoms with van der Waals surface area (Å²) >= 11 is 0. The lowest BCUT2D eigenvalue weighted by Gasteiger charge is -2.34. The van der Waals surface area contributed by atoms with Crippen molar-refractivity contribution in [1.82, 2.24) is 15.0 Å². The maximum atomic E-state index is 12.8. The number of carbonyl (C=O) groups excluding carboxylic acids is 2. The number of rotatable bonds is 4. The van der Waals surface area contributed by atoms with Gasteiger partial charge in [-0.15, -0.1) is 0 Å². The average molecular weight is 391 g/mol. The van der Waals surface area contributed by atoms with E-state index in [0.717, 1.165) is 6.42 Å². The highest BCUT2D eigenvalue weighted by atomic mass is 16.5. The molecule has 5 rings (SSSR count). The fourth-order valence-electron chi connectivity index (χ4n) is 3.97. The topological polar surface area (TPSA) is 79.8 Å². The molecule has 3 aromatic rings. The first-order valence-electron chi connectivity index (χ1n) is 9.84. The first-order chi connectivity index (χ1) is 14.2. The highest BCUT2D eigenvalue weighted by Gasteiger charge is 2.46. The molecule has 0 unspecified atom stereocenters. The van der Waals surface area contributed by atoms with E-state index in [2.05, 4.69) is 17.3 Å². The number of amides is 2. The lowest BCUT2D eigenvalue weighted by Crippen LogP contribution is -2.51. The summed E-state index contributed by atoms with van der Waals surface area (Å²) in [6.45, 7) is 2.09. The Hall–Kier alpha value is -3.35. The largest absolute Gasteiger partial charge is 0.461 e. The summed E-state index contributed by atoms with van der Waals surface area (Å²) in [7, 11) is 0. The van der Waals surface area contributed by atoms with E-state index in [1.165, 1.54) is 11.8 Å². The van der Waals surface area contributed by atoms with Crippen molar-refractivity contribution in [3.63, 3.8) is 0 Å². The minimum Gasteiger partial charge on any atom is -0.461 e. The van der Waals surface area contributed by atoms with Gasteiger partial charge in [-0.2, -0.15) is 0 Å². The lowest BCUT2D eigenvalue weighted by atomic mass is 10.1. The SMILES string of the molecule is O=C(c1cc(-c2ccco2)on1)N1CCN(C(=O)[C@H]2C[C@@H]2c2ccccc2)CC1. The molecule has 0 spiro atoms. The molecule has 7 nitrogen and oxygen atoms in total. The molecule has 1 aliphatic heterocycles. The monoisotopic (exact) mass is 391 g/mol. The van der Waals surface area contributed by atoms with Crippen molar-refractivity contribution in [2.45, 2.75) is 12.3 Å². The van der Waals surface area contributed by atoms with Crippen LogP contribution in [-0.4, -0.2) is 52.9 Å². The third kappa shape index (κ3) is 3.44. The van der Waals surface area contributed by atoms with Gasteiger partial charge in [0.05, 0.1) is 6.26 Å². The quantitative estimate of drug-likeness (QED) is 0.683. The molecule has 2 aliphatic rings. The molecular formula is C22H21N3O4. The van der Waals surface area contributed by atoms with Gasteiger partial charge >= 0.3 is 0 Å². The predicted octanol–water partition coefficient (Wildman–Crippen LogP) is 3.02. The molecule has 2 atom stereocenters. The standard InChI is InChI=1S/C22H21N3O4/c26-21(17-13-16(17)15-5-2-1-3-6-15)24-8-10-25(11-9-24)22(27)18-14-20(29-23-18)19-7-4-12-28-19/h1-7,12,14,16-17H,8-11,13H2/t16-,17+/m1/s1. The van der Waals surface area contributed by atoms with E-state index in [1.54, 1.807) is 23.1 Å². The van der Waals surface area contributed by atoms with Crippen molar-refractivity contribution in [3.8, 4) is 11.5 Å². The van der Waals surface area contributed by atoms with Gasteiger partial charge in [-0.05, 0) is 30.0 Å². The van der Waals surface area contributed by atoms with Crippen LogP contribution in [0.25, 0.3) is 11.5 Å². The van der Waals surface area contributed by atoms with Crippen LogP contribution in [0.2, 0.25) is 0 Å². The maximum absolute atomic E-state index is 12.8. The van der Waals surface area contributed by atoms with Gasteiger partial charge in [0.15, 0.2) is 11.5 Å². The Kier molecular flexibility index (Phi) is 4.42. The van der Waals surface area contributed by atoms with Gasteiger partial charge in [-0.1, -0.05) is 35.5 Å². The van der Waals surface area contributed by atoms with Crippen molar-refractivity contribution < 1.29 is 18.5 Å². The molecule has 2 fully saturated rings. The van der Waals surface area contributed by atoms with E-state index < -0.39 is 0 Å². The summed E-state index contributed by atoms with van der Waals surface area (Å²) < 4.78 is 10.5. The van der Waals surface area contributed by atoms with Crippen molar-refractivity contribution in [1.29, 1.82) is 0 Å². The first-order valence-corrected chi connectivity index (χ1v) is 9.84. The molecular weight excluding hydrogens is 370 g/mol. The van der Waals surface area contributed by atoms with Gasteiger partial charge in [0.1, 0.15) is 0 Å². The highest BCUT2D eigenvalue weighted by Crippen LogP contribution is 2.48. The van der Waals surface area contributed by atoms with Gasteiger partial charge in [0.25, 0.3) is 5.91 Å². The van der Waals surface area contributed by atoms with E-state index in [0.29, 0.717) is 43.6 Å². The van der Waals surface area contributed by atoms with Gasteiger partial charge in [-0.25, -0.2) is 0 Å². The second kappa shape index (κ2) is 7.24. The molecule has 29 heavy (non-hydrogen) atoms. The Morgan fingerprint density at radius 3 is 2.41 bits per heavy atom. The molecule has 0 radical (unpaired) electrons. The fourth-order valence-corrected chi connectivity index (χ4v) is 3.97. The fraction of sp³-hybridized carbons (Fsp3) is 0.318. The number of carbonyl (C=O) groups is 2. The summed E-state index contributed by atoms with van der Waals surface area (Å²) in [6.07, 6.45) is 2.45.